The highest BCUT2D eigenvalue weighted by Crippen LogP contribution is 2.25. The van der Waals surface area contributed by atoms with Crippen molar-refractivity contribution in [3.8, 4) is 0 Å². The summed E-state index contributed by atoms with van der Waals surface area (Å²) in [7, 11) is 1.55. The number of methoxy groups -OCH3 is 1. The second kappa shape index (κ2) is 6.12. The van der Waals surface area contributed by atoms with Crippen LogP contribution in [0.5, 0.6) is 0 Å². The molecule has 1 heterocycles. The van der Waals surface area contributed by atoms with Crippen molar-refractivity contribution in [2.24, 2.45) is 0 Å². The van der Waals surface area contributed by atoms with Gasteiger partial charge in [-0.2, -0.15) is 0 Å². The monoisotopic (exact) mass is 297 g/mol. The van der Waals surface area contributed by atoms with Gasteiger partial charge in [-0.15, -0.1) is 0 Å². The zero-order valence-electron chi connectivity index (χ0n) is 12.1. The summed E-state index contributed by atoms with van der Waals surface area (Å²) in [6.07, 6.45) is -0.113. The van der Waals surface area contributed by atoms with Crippen LogP contribution in [0.1, 0.15) is 25.5 Å². The van der Waals surface area contributed by atoms with E-state index in [-0.39, 0.29) is 12.0 Å². The second-order valence-electron chi connectivity index (χ2n) is 5.38. The molecule has 0 aliphatic carbocycles. The first-order chi connectivity index (χ1) is 9.44. The molecule has 1 saturated heterocycles. The Labute approximate surface area is 124 Å². The molecule has 0 radical (unpaired) electrons. The fourth-order valence-electron chi connectivity index (χ4n) is 2.18. The summed E-state index contributed by atoms with van der Waals surface area (Å²) in [6.45, 7) is 5.21. The van der Waals surface area contributed by atoms with E-state index in [1.165, 1.54) is 0 Å². The Morgan fingerprint density at radius 2 is 2.05 bits per heavy atom. The van der Waals surface area contributed by atoms with E-state index in [1.54, 1.807) is 25.9 Å². The standard InChI is InChI=1S/C15H20ClNO3/c1-15(2,19-3)14(18)17-8-9-20-13(10-17)11-4-6-12(16)7-5-11/h4-7,13H,8-10H2,1-3H3/t13-/m0/s1. The molecule has 0 unspecified atom stereocenters. The molecule has 2 rings (SSSR count). The zero-order valence-corrected chi connectivity index (χ0v) is 12.8. The maximum atomic E-state index is 12.4. The molecular formula is C15H20ClNO3. The average molecular weight is 298 g/mol. The van der Waals surface area contributed by atoms with Crippen molar-refractivity contribution >= 4 is 17.5 Å². The van der Waals surface area contributed by atoms with Crippen LogP contribution in [0.2, 0.25) is 5.02 Å². The fourth-order valence-corrected chi connectivity index (χ4v) is 2.31. The Morgan fingerprint density at radius 1 is 1.40 bits per heavy atom. The van der Waals surface area contributed by atoms with Gasteiger partial charge in [-0.3, -0.25) is 4.79 Å². The van der Waals surface area contributed by atoms with Crippen LogP contribution in [0.15, 0.2) is 24.3 Å². The van der Waals surface area contributed by atoms with Crippen LogP contribution in [-0.4, -0.2) is 43.2 Å². The van der Waals surface area contributed by atoms with Crippen LogP contribution in [0.25, 0.3) is 0 Å². The molecule has 1 aromatic rings. The summed E-state index contributed by atoms with van der Waals surface area (Å²) in [5.74, 6) is -0.0118. The van der Waals surface area contributed by atoms with Gasteiger partial charge in [0, 0.05) is 18.7 Å². The minimum absolute atomic E-state index is 0.0118. The van der Waals surface area contributed by atoms with Crippen molar-refractivity contribution in [1.82, 2.24) is 4.90 Å². The third-order valence-electron chi connectivity index (χ3n) is 3.62. The topological polar surface area (TPSA) is 38.8 Å². The molecule has 1 aromatic carbocycles. The maximum Gasteiger partial charge on any atom is 0.254 e. The van der Waals surface area contributed by atoms with Crippen molar-refractivity contribution in [3.05, 3.63) is 34.9 Å². The molecule has 0 saturated carbocycles. The Kier molecular flexibility index (Phi) is 4.68. The van der Waals surface area contributed by atoms with E-state index in [1.807, 2.05) is 24.3 Å². The number of nitrogens with zero attached hydrogens (tertiary/aromatic N) is 1. The lowest BCUT2D eigenvalue weighted by molar-refractivity contribution is -0.158. The summed E-state index contributed by atoms with van der Waals surface area (Å²) >= 11 is 5.89. The van der Waals surface area contributed by atoms with Gasteiger partial charge in [-0.05, 0) is 31.5 Å². The minimum atomic E-state index is -0.804. The molecule has 20 heavy (non-hydrogen) atoms. The van der Waals surface area contributed by atoms with Gasteiger partial charge >= 0.3 is 0 Å². The molecule has 110 valence electrons. The number of ether oxygens (including phenoxy) is 2. The van der Waals surface area contributed by atoms with Crippen LogP contribution in [0.3, 0.4) is 0 Å². The normalized spacial score (nSPS) is 20.0. The molecule has 0 N–H and O–H groups in total. The van der Waals surface area contributed by atoms with Gasteiger partial charge in [0.2, 0.25) is 0 Å². The first-order valence-electron chi connectivity index (χ1n) is 6.65. The second-order valence-corrected chi connectivity index (χ2v) is 5.81. The zero-order chi connectivity index (χ0) is 14.8. The van der Waals surface area contributed by atoms with Gasteiger partial charge in [-0.1, -0.05) is 23.7 Å². The number of amides is 1. The Morgan fingerprint density at radius 3 is 2.65 bits per heavy atom. The average Bonchev–Trinajstić information content (AvgIpc) is 2.47. The molecule has 1 aliphatic heterocycles. The number of hydrogen-bond donors (Lipinski definition) is 0. The van der Waals surface area contributed by atoms with Crippen molar-refractivity contribution in [3.63, 3.8) is 0 Å². The number of hydrogen-bond acceptors (Lipinski definition) is 3. The number of morpholine rings is 1. The molecule has 0 spiro atoms. The van der Waals surface area contributed by atoms with Crippen molar-refractivity contribution < 1.29 is 14.3 Å². The number of carbonyl (C=O) groups excluding carboxylic acids is 1. The smallest absolute Gasteiger partial charge is 0.254 e. The number of benzene rings is 1. The first kappa shape index (κ1) is 15.3. The van der Waals surface area contributed by atoms with Crippen LogP contribution in [-0.2, 0) is 14.3 Å². The van der Waals surface area contributed by atoms with Gasteiger partial charge in [0.15, 0.2) is 0 Å². The van der Waals surface area contributed by atoms with Crippen LogP contribution in [0, 0.1) is 0 Å². The molecule has 4 nitrogen and oxygen atoms in total. The molecule has 5 heteroatoms. The third-order valence-corrected chi connectivity index (χ3v) is 3.87. The predicted molar refractivity (Wildman–Crippen MR) is 77.8 cm³/mol. The Bertz CT molecular complexity index is 473. The van der Waals surface area contributed by atoms with Gasteiger partial charge in [0.1, 0.15) is 11.7 Å². The molecule has 1 amide bonds. The number of carbonyl (C=O) groups is 1. The third kappa shape index (κ3) is 3.32. The quantitative estimate of drug-likeness (QED) is 0.861. The van der Waals surface area contributed by atoms with E-state index in [9.17, 15) is 4.79 Å². The van der Waals surface area contributed by atoms with E-state index in [0.29, 0.717) is 24.7 Å². The Balaban J connectivity index is 2.09. The summed E-state index contributed by atoms with van der Waals surface area (Å²) in [6, 6.07) is 7.53. The van der Waals surface area contributed by atoms with E-state index in [2.05, 4.69) is 0 Å². The van der Waals surface area contributed by atoms with Gasteiger partial charge in [0.25, 0.3) is 5.91 Å². The number of rotatable bonds is 3. The molecule has 1 atom stereocenters. The van der Waals surface area contributed by atoms with Crippen LogP contribution < -0.4 is 0 Å². The van der Waals surface area contributed by atoms with Crippen molar-refractivity contribution in [1.29, 1.82) is 0 Å². The van der Waals surface area contributed by atoms with Gasteiger partial charge in [0.05, 0.1) is 13.2 Å². The highest BCUT2D eigenvalue weighted by atomic mass is 35.5. The van der Waals surface area contributed by atoms with Crippen molar-refractivity contribution in [2.45, 2.75) is 25.6 Å². The number of halogens is 1. The van der Waals surface area contributed by atoms with E-state index >= 15 is 0 Å². The summed E-state index contributed by atoms with van der Waals surface area (Å²) in [4.78, 5) is 14.2. The maximum absolute atomic E-state index is 12.4. The van der Waals surface area contributed by atoms with Crippen LogP contribution in [0.4, 0.5) is 0 Å². The molecule has 1 fully saturated rings. The van der Waals surface area contributed by atoms with E-state index < -0.39 is 5.60 Å². The minimum Gasteiger partial charge on any atom is -0.370 e. The summed E-state index contributed by atoms with van der Waals surface area (Å²) in [5, 5.41) is 0.693. The first-order valence-corrected chi connectivity index (χ1v) is 7.03. The summed E-state index contributed by atoms with van der Waals surface area (Å²) in [5.41, 5.74) is 0.226. The van der Waals surface area contributed by atoms with Gasteiger partial charge in [-0.25, -0.2) is 0 Å². The Hall–Kier alpha value is -1.10. The van der Waals surface area contributed by atoms with Gasteiger partial charge < -0.3 is 14.4 Å². The lowest BCUT2D eigenvalue weighted by Crippen LogP contribution is -2.51. The highest BCUT2D eigenvalue weighted by molar-refractivity contribution is 6.30. The largest absolute Gasteiger partial charge is 0.370 e. The predicted octanol–water partition coefficient (Wildman–Crippen LogP) is 2.66. The molecular weight excluding hydrogens is 278 g/mol. The van der Waals surface area contributed by atoms with E-state index in [0.717, 1.165) is 5.56 Å². The summed E-state index contributed by atoms with van der Waals surface area (Å²) < 4.78 is 11.0. The van der Waals surface area contributed by atoms with E-state index in [4.69, 9.17) is 21.1 Å². The van der Waals surface area contributed by atoms with Crippen molar-refractivity contribution in [2.75, 3.05) is 26.8 Å². The molecule has 0 bridgehead atoms. The SMILES string of the molecule is COC(C)(C)C(=O)N1CCO[C@H](c2ccc(Cl)cc2)C1. The lowest BCUT2D eigenvalue weighted by atomic mass is 10.0. The highest BCUT2D eigenvalue weighted by Gasteiger charge is 2.35. The van der Waals surface area contributed by atoms with Crippen LogP contribution >= 0.6 is 11.6 Å². The molecule has 0 aromatic heterocycles. The lowest BCUT2D eigenvalue weighted by Gasteiger charge is -2.37. The fraction of sp³-hybridized carbons (Fsp3) is 0.533. The molecule has 1 aliphatic rings.